The second kappa shape index (κ2) is 10.2. The van der Waals surface area contributed by atoms with Crippen LogP contribution in [0.5, 0.6) is 17.2 Å². The standard InChI is InChI=1S/C24H30N2O4S/c1-17-7-9-26(10-8-17)19(22-4-3-13-31-22)16-25-23(27)6-5-18-14-20(28-2)24-21(15-18)29-11-12-30-24/h3-6,13-15,17,19H,7-12,16H2,1-2H3,(H,25,27)/b6-5+. The number of likely N-dealkylation sites (tertiary alicyclic amines) is 1. The number of nitrogens with zero attached hydrogens (tertiary/aromatic N) is 1. The fourth-order valence-electron chi connectivity index (χ4n) is 4.05. The minimum absolute atomic E-state index is 0.110. The molecule has 6 nitrogen and oxygen atoms in total. The molecule has 1 fully saturated rings. The highest BCUT2D eigenvalue weighted by Gasteiger charge is 2.25. The lowest BCUT2D eigenvalue weighted by Crippen LogP contribution is -2.41. The Bertz CT molecular complexity index is 887. The van der Waals surface area contributed by atoms with Crippen LogP contribution in [0.3, 0.4) is 0 Å². The lowest BCUT2D eigenvalue weighted by molar-refractivity contribution is -0.116. The number of amides is 1. The Morgan fingerprint density at radius 1 is 1.32 bits per heavy atom. The van der Waals surface area contributed by atoms with Gasteiger partial charge in [-0.25, -0.2) is 0 Å². The smallest absolute Gasteiger partial charge is 0.244 e. The van der Waals surface area contributed by atoms with Gasteiger partial charge in [-0.05, 0) is 67.1 Å². The molecule has 1 atom stereocenters. The second-order valence-electron chi connectivity index (χ2n) is 8.08. The number of hydrogen-bond donors (Lipinski definition) is 1. The highest BCUT2D eigenvalue weighted by atomic mass is 32.1. The maximum Gasteiger partial charge on any atom is 0.244 e. The van der Waals surface area contributed by atoms with Crippen molar-refractivity contribution in [1.29, 1.82) is 0 Å². The molecule has 3 heterocycles. The Labute approximate surface area is 187 Å². The first-order valence-electron chi connectivity index (χ1n) is 10.8. The zero-order chi connectivity index (χ0) is 21.6. The SMILES string of the molecule is COc1cc(/C=C/C(=O)NCC(c2cccs2)N2CCC(C)CC2)cc2c1OCCO2. The van der Waals surface area contributed by atoms with Crippen LogP contribution in [0, 0.1) is 5.92 Å². The van der Waals surface area contributed by atoms with Crippen LogP contribution in [0.4, 0.5) is 0 Å². The third-order valence-electron chi connectivity index (χ3n) is 5.88. The minimum Gasteiger partial charge on any atom is -0.493 e. The summed E-state index contributed by atoms with van der Waals surface area (Å²) in [4.78, 5) is 16.4. The number of carbonyl (C=O) groups excluding carboxylic acids is 1. The number of methoxy groups -OCH3 is 1. The maximum absolute atomic E-state index is 12.6. The molecule has 1 unspecified atom stereocenters. The van der Waals surface area contributed by atoms with Crippen LogP contribution in [0.1, 0.15) is 36.2 Å². The molecule has 7 heteroatoms. The Morgan fingerprint density at radius 2 is 2.13 bits per heavy atom. The molecule has 2 aliphatic heterocycles. The predicted octanol–water partition coefficient (Wildman–Crippen LogP) is 4.13. The van der Waals surface area contributed by atoms with Crippen LogP contribution in [0.25, 0.3) is 6.08 Å². The Balaban J connectivity index is 1.40. The molecule has 2 aromatic rings. The molecule has 1 aromatic heterocycles. The quantitative estimate of drug-likeness (QED) is 0.654. The van der Waals surface area contributed by atoms with Gasteiger partial charge in [-0.2, -0.15) is 0 Å². The summed E-state index contributed by atoms with van der Waals surface area (Å²) in [6, 6.07) is 8.18. The van der Waals surface area contributed by atoms with E-state index in [9.17, 15) is 4.79 Å². The van der Waals surface area contributed by atoms with Crippen molar-refractivity contribution >= 4 is 23.3 Å². The number of benzene rings is 1. The van der Waals surface area contributed by atoms with E-state index in [0.29, 0.717) is 37.0 Å². The van der Waals surface area contributed by atoms with Crippen LogP contribution in [-0.4, -0.2) is 50.8 Å². The van der Waals surface area contributed by atoms with E-state index >= 15 is 0 Å². The first-order chi connectivity index (χ1) is 15.1. The average Bonchev–Trinajstić information content (AvgIpc) is 3.33. The van der Waals surface area contributed by atoms with E-state index in [1.165, 1.54) is 17.7 Å². The van der Waals surface area contributed by atoms with Crippen LogP contribution < -0.4 is 19.5 Å². The third-order valence-corrected chi connectivity index (χ3v) is 6.85. The summed E-state index contributed by atoms with van der Waals surface area (Å²) in [6.07, 6.45) is 5.76. The molecular weight excluding hydrogens is 412 g/mol. The highest BCUT2D eigenvalue weighted by molar-refractivity contribution is 7.10. The molecule has 4 rings (SSSR count). The molecule has 1 saturated heterocycles. The van der Waals surface area contributed by atoms with Crippen molar-refractivity contribution in [1.82, 2.24) is 10.2 Å². The molecule has 1 aromatic carbocycles. The van der Waals surface area contributed by atoms with E-state index in [0.717, 1.165) is 24.6 Å². The topological polar surface area (TPSA) is 60.0 Å². The predicted molar refractivity (Wildman–Crippen MR) is 123 cm³/mol. The first kappa shape index (κ1) is 21.7. The van der Waals surface area contributed by atoms with Gasteiger partial charge in [0.15, 0.2) is 11.5 Å². The molecule has 0 aliphatic carbocycles. The minimum atomic E-state index is -0.110. The number of thiophene rings is 1. The summed E-state index contributed by atoms with van der Waals surface area (Å²) in [5.41, 5.74) is 0.830. The number of fused-ring (bicyclic) bond motifs is 1. The lowest BCUT2D eigenvalue weighted by atomic mass is 9.97. The fourth-order valence-corrected chi connectivity index (χ4v) is 4.91. The second-order valence-corrected chi connectivity index (χ2v) is 9.05. The van der Waals surface area contributed by atoms with Gasteiger partial charge in [-0.1, -0.05) is 13.0 Å². The van der Waals surface area contributed by atoms with Gasteiger partial charge in [0, 0.05) is 17.5 Å². The lowest BCUT2D eigenvalue weighted by Gasteiger charge is -2.36. The van der Waals surface area contributed by atoms with Gasteiger partial charge >= 0.3 is 0 Å². The van der Waals surface area contributed by atoms with Crippen LogP contribution in [-0.2, 0) is 4.79 Å². The molecule has 0 spiro atoms. The number of hydrogen-bond acceptors (Lipinski definition) is 6. The van der Waals surface area contributed by atoms with Crippen molar-refractivity contribution in [2.24, 2.45) is 5.92 Å². The Hall–Kier alpha value is -2.51. The maximum atomic E-state index is 12.6. The molecule has 1 amide bonds. The number of ether oxygens (including phenoxy) is 3. The van der Waals surface area contributed by atoms with Crippen LogP contribution in [0.15, 0.2) is 35.7 Å². The molecule has 2 aliphatic rings. The van der Waals surface area contributed by atoms with Gasteiger partial charge in [0.25, 0.3) is 0 Å². The van der Waals surface area contributed by atoms with Gasteiger partial charge in [0.1, 0.15) is 13.2 Å². The zero-order valence-electron chi connectivity index (χ0n) is 18.1. The highest BCUT2D eigenvalue weighted by Crippen LogP contribution is 2.40. The van der Waals surface area contributed by atoms with Crippen molar-refractivity contribution in [2.75, 3.05) is 40.0 Å². The van der Waals surface area contributed by atoms with Gasteiger partial charge in [0.05, 0.1) is 13.2 Å². The number of carbonyl (C=O) groups is 1. The number of nitrogens with one attached hydrogen (secondary N) is 1. The fraction of sp³-hybridized carbons (Fsp3) is 0.458. The van der Waals surface area contributed by atoms with Crippen molar-refractivity contribution in [3.63, 3.8) is 0 Å². The van der Waals surface area contributed by atoms with Gasteiger partial charge in [0.2, 0.25) is 11.7 Å². The van der Waals surface area contributed by atoms with E-state index in [-0.39, 0.29) is 11.9 Å². The van der Waals surface area contributed by atoms with Gasteiger partial charge in [-0.15, -0.1) is 11.3 Å². The summed E-state index contributed by atoms with van der Waals surface area (Å²) < 4.78 is 16.7. The first-order valence-corrected chi connectivity index (χ1v) is 11.7. The van der Waals surface area contributed by atoms with Gasteiger partial charge < -0.3 is 19.5 Å². The van der Waals surface area contributed by atoms with E-state index in [1.807, 2.05) is 12.1 Å². The van der Waals surface area contributed by atoms with Crippen LogP contribution >= 0.6 is 11.3 Å². The molecule has 0 bridgehead atoms. The summed E-state index contributed by atoms with van der Waals surface area (Å²) in [7, 11) is 1.60. The van der Waals surface area contributed by atoms with E-state index in [2.05, 4.69) is 34.7 Å². The molecule has 0 saturated carbocycles. The molecule has 166 valence electrons. The normalized spacial score (nSPS) is 18.1. The molecule has 1 N–H and O–H groups in total. The van der Waals surface area contributed by atoms with Crippen molar-refractivity contribution < 1.29 is 19.0 Å². The summed E-state index contributed by atoms with van der Waals surface area (Å²) in [5.74, 6) is 2.53. The monoisotopic (exact) mass is 442 g/mol. The van der Waals surface area contributed by atoms with Crippen LogP contribution in [0.2, 0.25) is 0 Å². The Kier molecular flexibility index (Phi) is 7.14. The number of rotatable bonds is 7. The molecule has 31 heavy (non-hydrogen) atoms. The summed E-state index contributed by atoms with van der Waals surface area (Å²) >= 11 is 1.75. The van der Waals surface area contributed by atoms with Crippen molar-refractivity contribution in [2.45, 2.75) is 25.8 Å². The molecule has 0 radical (unpaired) electrons. The van der Waals surface area contributed by atoms with Crippen molar-refractivity contribution in [3.05, 3.63) is 46.2 Å². The Morgan fingerprint density at radius 3 is 2.87 bits per heavy atom. The summed E-state index contributed by atoms with van der Waals surface area (Å²) in [5, 5.41) is 5.20. The van der Waals surface area contributed by atoms with E-state index in [4.69, 9.17) is 14.2 Å². The summed E-state index contributed by atoms with van der Waals surface area (Å²) in [6.45, 7) is 6.07. The largest absolute Gasteiger partial charge is 0.493 e. The average molecular weight is 443 g/mol. The number of piperidine rings is 1. The third kappa shape index (κ3) is 5.40. The van der Waals surface area contributed by atoms with Crippen molar-refractivity contribution in [3.8, 4) is 17.2 Å². The van der Waals surface area contributed by atoms with Gasteiger partial charge in [-0.3, -0.25) is 9.69 Å². The molecular formula is C24H30N2O4S. The van der Waals surface area contributed by atoms with E-state index in [1.54, 1.807) is 30.6 Å². The van der Waals surface area contributed by atoms with E-state index < -0.39 is 0 Å². The zero-order valence-corrected chi connectivity index (χ0v) is 19.0.